The zero-order valence-electron chi connectivity index (χ0n) is 10.9. The van der Waals surface area contributed by atoms with Gasteiger partial charge in [0.25, 0.3) is 5.91 Å². The van der Waals surface area contributed by atoms with Crippen LogP contribution in [0.4, 0.5) is 0 Å². The van der Waals surface area contributed by atoms with Crippen molar-refractivity contribution in [1.29, 1.82) is 0 Å². The third kappa shape index (κ3) is 4.70. The highest BCUT2D eigenvalue weighted by atomic mass is 35.5. The molecule has 0 saturated heterocycles. The Morgan fingerprint density at radius 2 is 1.71 bits per heavy atom. The normalized spacial score (nSPS) is 10.0. The van der Waals surface area contributed by atoms with Gasteiger partial charge in [0, 0.05) is 11.6 Å². The monoisotopic (exact) mass is 338 g/mol. The molecule has 0 aliphatic rings. The maximum Gasteiger partial charge on any atom is 0.258 e. The topological polar surface area (TPSA) is 41.1 Å². The standard InChI is InChI=1S/C15H12Cl2N2OS/c16-11-7-5-10(6-8-11)9-18-15(21)19-14(20)12-3-1-2-4-13(12)17/h1-8H,9H2,(H2,18,19,20,21). The number of halogens is 2. The molecule has 2 aromatic carbocycles. The summed E-state index contributed by atoms with van der Waals surface area (Å²) in [4.78, 5) is 12.0. The molecule has 2 aromatic rings. The summed E-state index contributed by atoms with van der Waals surface area (Å²) in [5.41, 5.74) is 1.39. The summed E-state index contributed by atoms with van der Waals surface area (Å²) in [6.07, 6.45) is 0. The number of rotatable bonds is 3. The van der Waals surface area contributed by atoms with Crippen LogP contribution in [0.25, 0.3) is 0 Å². The van der Waals surface area contributed by atoms with E-state index in [1.165, 1.54) is 0 Å². The van der Waals surface area contributed by atoms with Gasteiger partial charge in [0.2, 0.25) is 0 Å². The van der Waals surface area contributed by atoms with Crippen LogP contribution in [-0.2, 0) is 6.54 Å². The summed E-state index contributed by atoms with van der Waals surface area (Å²) < 4.78 is 0. The highest BCUT2D eigenvalue weighted by Crippen LogP contribution is 2.14. The third-order valence-corrected chi connectivity index (χ3v) is 3.54. The highest BCUT2D eigenvalue weighted by molar-refractivity contribution is 7.80. The Morgan fingerprint density at radius 3 is 2.38 bits per heavy atom. The Labute approximate surface area is 138 Å². The molecule has 0 aliphatic carbocycles. The molecule has 0 saturated carbocycles. The summed E-state index contributed by atoms with van der Waals surface area (Å²) in [7, 11) is 0. The van der Waals surface area contributed by atoms with Crippen molar-refractivity contribution in [2.75, 3.05) is 0 Å². The number of hydrogen-bond acceptors (Lipinski definition) is 2. The van der Waals surface area contributed by atoms with Crippen molar-refractivity contribution in [2.24, 2.45) is 0 Å². The van der Waals surface area contributed by atoms with E-state index in [0.29, 0.717) is 22.2 Å². The van der Waals surface area contributed by atoms with Crippen LogP contribution < -0.4 is 10.6 Å². The van der Waals surface area contributed by atoms with E-state index in [1.807, 2.05) is 12.1 Å². The molecule has 0 unspecified atom stereocenters. The molecular weight excluding hydrogens is 327 g/mol. The van der Waals surface area contributed by atoms with Gasteiger partial charge in [-0.1, -0.05) is 47.5 Å². The Balaban J connectivity index is 1.89. The number of amides is 1. The van der Waals surface area contributed by atoms with Gasteiger partial charge in [-0.2, -0.15) is 0 Å². The second kappa shape index (κ2) is 7.41. The first-order valence-corrected chi connectivity index (χ1v) is 7.31. The Hall–Kier alpha value is -1.62. The number of benzene rings is 2. The fourth-order valence-electron chi connectivity index (χ4n) is 1.64. The van der Waals surface area contributed by atoms with Crippen molar-refractivity contribution in [3.05, 3.63) is 69.7 Å². The van der Waals surface area contributed by atoms with E-state index < -0.39 is 0 Å². The SMILES string of the molecule is O=C(NC(=S)NCc1ccc(Cl)cc1)c1ccccc1Cl. The van der Waals surface area contributed by atoms with Crippen LogP contribution >= 0.6 is 35.4 Å². The Kier molecular flexibility index (Phi) is 5.56. The summed E-state index contributed by atoms with van der Waals surface area (Å²) in [5, 5.41) is 6.85. The van der Waals surface area contributed by atoms with Crippen molar-refractivity contribution >= 4 is 46.4 Å². The smallest absolute Gasteiger partial charge is 0.258 e. The molecule has 0 radical (unpaired) electrons. The summed E-state index contributed by atoms with van der Waals surface area (Å²) >= 11 is 16.8. The lowest BCUT2D eigenvalue weighted by atomic mass is 10.2. The lowest BCUT2D eigenvalue weighted by molar-refractivity contribution is 0.0977. The predicted octanol–water partition coefficient (Wildman–Crippen LogP) is 3.80. The van der Waals surface area contributed by atoms with E-state index in [2.05, 4.69) is 10.6 Å². The quantitative estimate of drug-likeness (QED) is 0.836. The molecule has 2 N–H and O–H groups in total. The molecule has 2 rings (SSSR count). The number of thiocarbonyl (C=S) groups is 1. The molecule has 3 nitrogen and oxygen atoms in total. The number of nitrogens with one attached hydrogen (secondary N) is 2. The highest BCUT2D eigenvalue weighted by Gasteiger charge is 2.10. The zero-order valence-corrected chi connectivity index (χ0v) is 13.2. The van der Waals surface area contributed by atoms with E-state index >= 15 is 0 Å². The lowest BCUT2D eigenvalue weighted by Gasteiger charge is -2.10. The van der Waals surface area contributed by atoms with Gasteiger partial charge in [-0.25, -0.2) is 0 Å². The molecule has 0 fully saturated rings. The molecule has 108 valence electrons. The second-order valence-corrected chi connectivity index (χ2v) is 5.49. The van der Waals surface area contributed by atoms with Crippen LogP contribution in [0.2, 0.25) is 10.0 Å². The van der Waals surface area contributed by atoms with Gasteiger partial charge in [0.05, 0.1) is 10.6 Å². The molecule has 0 aliphatic heterocycles. The van der Waals surface area contributed by atoms with Crippen molar-refractivity contribution in [2.45, 2.75) is 6.54 Å². The zero-order chi connectivity index (χ0) is 15.2. The van der Waals surface area contributed by atoms with Crippen LogP contribution in [-0.4, -0.2) is 11.0 Å². The lowest BCUT2D eigenvalue weighted by Crippen LogP contribution is -2.38. The van der Waals surface area contributed by atoms with Gasteiger partial charge in [-0.3, -0.25) is 10.1 Å². The molecule has 0 atom stereocenters. The minimum Gasteiger partial charge on any atom is -0.358 e. The average Bonchev–Trinajstić information content (AvgIpc) is 2.47. The van der Waals surface area contributed by atoms with Gasteiger partial charge in [-0.15, -0.1) is 0 Å². The molecule has 6 heteroatoms. The molecule has 0 bridgehead atoms. The van der Waals surface area contributed by atoms with Gasteiger partial charge in [0.1, 0.15) is 0 Å². The van der Waals surface area contributed by atoms with Crippen LogP contribution in [0, 0.1) is 0 Å². The molecule has 21 heavy (non-hydrogen) atoms. The molecule has 1 amide bonds. The fourth-order valence-corrected chi connectivity index (χ4v) is 2.16. The van der Waals surface area contributed by atoms with Crippen molar-refractivity contribution in [3.63, 3.8) is 0 Å². The van der Waals surface area contributed by atoms with E-state index in [1.54, 1.807) is 36.4 Å². The van der Waals surface area contributed by atoms with Crippen LogP contribution in [0.1, 0.15) is 15.9 Å². The van der Waals surface area contributed by atoms with E-state index in [0.717, 1.165) is 5.56 Å². The van der Waals surface area contributed by atoms with Crippen molar-refractivity contribution in [3.8, 4) is 0 Å². The molecule has 0 heterocycles. The molecule has 0 spiro atoms. The number of hydrogen-bond donors (Lipinski definition) is 2. The summed E-state index contributed by atoms with van der Waals surface area (Å²) in [6, 6.07) is 14.1. The Bertz CT molecular complexity index is 659. The van der Waals surface area contributed by atoms with Gasteiger partial charge in [-0.05, 0) is 42.0 Å². The van der Waals surface area contributed by atoms with Crippen LogP contribution in [0.5, 0.6) is 0 Å². The average molecular weight is 339 g/mol. The van der Waals surface area contributed by atoms with E-state index in [-0.39, 0.29) is 11.0 Å². The maximum atomic E-state index is 12.0. The van der Waals surface area contributed by atoms with Crippen molar-refractivity contribution < 1.29 is 4.79 Å². The summed E-state index contributed by atoms with van der Waals surface area (Å²) in [5.74, 6) is -0.339. The van der Waals surface area contributed by atoms with Crippen LogP contribution in [0.15, 0.2) is 48.5 Å². The van der Waals surface area contributed by atoms with Crippen molar-refractivity contribution in [1.82, 2.24) is 10.6 Å². The minimum absolute atomic E-state index is 0.245. The van der Waals surface area contributed by atoms with Crippen LogP contribution in [0.3, 0.4) is 0 Å². The van der Waals surface area contributed by atoms with Gasteiger partial charge in [0.15, 0.2) is 5.11 Å². The van der Waals surface area contributed by atoms with Gasteiger partial charge < -0.3 is 5.32 Å². The van der Waals surface area contributed by atoms with Gasteiger partial charge >= 0.3 is 0 Å². The first kappa shape index (κ1) is 15.8. The summed E-state index contributed by atoms with van der Waals surface area (Å²) in [6.45, 7) is 0.499. The predicted molar refractivity (Wildman–Crippen MR) is 89.8 cm³/mol. The second-order valence-electron chi connectivity index (χ2n) is 4.24. The maximum absolute atomic E-state index is 12.0. The molecule has 0 aromatic heterocycles. The fraction of sp³-hybridized carbons (Fsp3) is 0.0667. The molecular formula is C15H12Cl2N2OS. The number of carbonyl (C=O) groups excluding carboxylic acids is 1. The minimum atomic E-state index is -0.339. The third-order valence-electron chi connectivity index (χ3n) is 2.71. The largest absolute Gasteiger partial charge is 0.358 e. The van der Waals surface area contributed by atoms with E-state index in [4.69, 9.17) is 35.4 Å². The number of carbonyl (C=O) groups is 1. The van der Waals surface area contributed by atoms with E-state index in [9.17, 15) is 4.79 Å². The first-order chi connectivity index (χ1) is 10.1. The Morgan fingerprint density at radius 1 is 1.05 bits per heavy atom. The first-order valence-electron chi connectivity index (χ1n) is 6.14.